The van der Waals surface area contributed by atoms with E-state index in [0.717, 1.165) is 12.8 Å². The predicted octanol–water partition coefficient (Wildman–Crippen LogP) is 1.59. The molecule has 0 saturated carbocycles. The molecule has 2 unspecified atom stereocenters. The minimum absolute atomic E-state index is 0.212. The molecule has 0 rings (SSSR count). The van der Waals surface area contributed by atoms with Gasteiger partial charge in [-0.15, -0.1) is 0 Å². The Kier molecular flexibility index (Phi) is 10.2. The molecule has 0 fully saturated rings. The lowest BCUT2D eigenvalue weighted by Gasteiger charge is -2.21. The zero-order chi connectivity index (χ0) is 13.1. The second-order valence-electron chi connectivity index (χ2n) is 4.61. The van der Waals surface area contributed by atoms with Crippen molar-refractivity contribution in [2.24, 2.45) is 0 Å². The van der Waals surface area contributed by atoms with Crippen LogP contribution in [0.1, 0.15) is 58.8 Å². The van der Waals surface area contributed by atoms with Gasteiger partial charge in [-0.2, -0.15) is 0 Å². The zero-order valence-corrected chi connectivity index (χ0v) is 11.1. The molecule has 3 N–H and O–H groups in total. The molecule has 0 spiro atoms. The lowest BCUT2D eigenvalue weighted by atomic mass is 10.0. The topological polar surface area (TPSA) is 69.6 Å². The SMILES string of the molecule is CCCCCCCCC(O)C(CO)NC(C)=O. The molecule has 17 heavy (non-hydrogen) atoms. The minimum Gasteiger partial charge on any atom is -0.394 e. The average molecular weight is 245 g/mol. The first-order chi connectivity index (χ1) is 8.11. The summed E-state index contributed by atoms with van der Waals surface area (Å²) in [6, 6.07) is -0.525. The van der Waals surface area contributed by atoms with E-state index in [1.807, 2.05) is 0 Å². The molecule has 4 nitrogen and oxygen atoms in total. The van der Waals surface area contributed by atoms with Crippen LogP contribution in [0.5, 0.6) is 0 Å². The molecule has 0 aromatic heterocycles. The van der Waals surface area contributed by atoms with Gasteiger partial charge >= 0.3 is 0 Å². The average Bonchev–Trinajstić information content (AvgIpc) is 2.30. The van der Waals surface area contributed by atoms with Crippen molar-refractivity contribution >= 4 is 5.91 Å². The van der Waals surface area contributed by atoms with Crippen LogP contribution in [0.15, 0.2) is 0 Å². The molecule has 0 aromatic carbocycles. The van der Waals surface area contributed by atoms with Gasteiger partial charge in [0.1, 0.15) is 0 Å². The van der Waals surface area contributed by atoms with E-state index >= 15 is 0 Å². The first kappa shape index (κ1) is 16.4. The van der Waals surface area contributed by atoms with Crippen LogP contribution in [0, 0.1) is 0 Å². The van der Waals surface area contributed by atoms with Crippen LogP contribution in [0.3, 0.4) is 0 Å². The van der Waals surface area contributed by atoms with Crippen molar-refractivity contribution in [2.75, 3.05) is 6.61 Å². The van der Waals surface area contributed by atoms with E-state index in [1.165, 1.54) is 32.6 Å². The van der Waals surface area contributed by atoms with Crippen molar-refractivity contribution in [2.45, 2.75) is 70.9 Å². The monoisotopic (exact) mass is 245 g/mol. The molecule has 0 aromatic rings. The van der Waals surface area contributed by atoms with Gasteiger partial charge in [-0.05, 0) is 6.42 Å². The molecule has 0 aliphatic heterocycles. The summed E-state index contributed by atoms with van der Waals surface area (Å²) in [5.41, 5.74) is 0. The largest absolute Gasteiger partial charge is 0.394 e. The van der Waals surface area contributed by atoms with Crippen LogP contribution in [0.25, 0.3) is 0 Å². The number of amides is 1. The Labute approximate surface area is 104 Å². The van der Waals surface area contributed by atoms with Crippen molar-refractivity contribution in [1.29, 1.82) is 0 Å². The van der Waals surface area contributed by atoms with Gasteiger partial charge in [0.25, 0.3) is 0 Å². The second kappa shape index (κ2) is 10.5. The van der Waals surface area contributed by atoms with E-state index in [-0.39, 0.29) is 12.5 Å². The van der Waals surface area contributed by atoms with Crippen molar-refractivity contribution in [3.05, 3.63) is 0 Å². The molecule has 0 aliphatic rings. The van der Waals surface area contributed by atoms with E-state index in [4.69, 9.17) is 5.11 Å². The molecule has 1 amide bonds. The van der Waals surface area contributed by atoms with E-state index in [9.17, 15) is 9.90 Å². The summed E-state index contributed by atoms with van der Waals surface area (Å²) in [7, 11) is 0. The summed E-state index contributed by atoms with van der Waals surface area (Å²) in [6.45, 7) is 3.36. The van der Waals surface area contributed by atoms with Gasteiger partial charge < -0.3 is 15.5 Å². The number of carbonyl (C=O) groups excluding carboxylic acids is 1. The first-order valence-electron chi connectivity index (χ1n) is 6.67. The van der Waals surface area contributed by atoms with Crippen molar-refractivity contribution < 1.29 is 15.0 Å². The third-order valence-electron chi connectivity index (χ3n) is 2.90. The third-order valence-corrected chi connectivity index (χ3v) is 2.90. The lowest BCUT2D eigenvalue weighted by molar-refractivity contribution is -0.121. The van der Waals surface area contributed by atoms with Crippen molar-refractivity contribution in [3.63, 3.8) is 0 Å². The van der Waals surface area contributed by atoms with E-state index in [0.29, 0.717) is 6.42 Å². The zero-order valence-electron chi connectivity index (χ0n) is 11.1. The quantitative estimate of drug-likeness (QED) is 0.512. The standard InChI is InChI=1S/C13H27NO3/c1-3-4-5-6-7-8-9-13(17)12(10-15)14-11(2)16/h12-13,15,17H,3-10H2,1-2H3,(H,14,16). The third kappa shape index (κ3) is 9.12. The molecular weight excluding hydrogens is 218 g/mol. The fourth-order valence-electron chi connectivity index (χ4n) is 1.86. The summed E-state index contributed by atoms with van der Waals surface area (Å²) < 4.78 is 0. The smallest absolute Gasteiger partial charge is 0.217 e. The van der Waals surface area contributed by atoms with Crippen LogP contribution in [-0.2, 0) is 4.79 Å². The molecule has 0 heterocycles. The Morgan fingerprint density at radius 3 is 2.29 bits per heavy atom. The predicted molar refractivity (Wildman–Crippen MR) is 68.7 cm³/mol. The van der Waals surface area contributed by atoms with Crippen LogP contribution < -0.4 is 5.32 Å². The van der Waals surface area contributed by atoms with Gasteiger partial charge in [0.15, 0.2) is 0 Å². The first-order valence-corrected chi connectivity index (χ1v) is 6.67. The van der Waals surface area contributed by atoms with E-state index in [2.05, 4.69) is 12.2 Å². The fraction of sp³-hybridized carbons (Fsp3) is 0.923. The summed E-state index contributed by atoms with van der Waals surface area (Å²) in [6.07, 6.45) is 7.00. The number of rotatable bonds is 10. The van der Waals surface area contributed by atoms with Gasteiger partial charge in [0.2, 0.25) is 5.91 Å². The maximum absolute atomic E-state index is 10.8. The summed E-state index contributed by atoms with van der Waals surface area (Å²) in [5, 5.41) is 21.4. The summed E-state index contributed by atoms with van der Waals surface area (Å²) in [5.74, 6) is -0.217. The molecule has 2 atom stereocenters. The van der Waals surface area contributed by atoms with Gasteiger partial charge in [-0.25, -0.2) is 0 Å². The van der Waals surface area contributed by atoms with E-state index < -0.39 is 12.1 Å². The number of aliphatic hydroxyl groups excluding tert-OH is 2. The highest BCUT2D eigenvalue weighted by Crippen LogP contribution is 2.10. The number of aliphatic hydroxyl groups is 2. The van der Waals surface area contributed by atoms with Crippen LogP contribution in [0.4, 0.5) is 0 Å². The van der Waals surface area contributed by atoms with Gasteiger partial charge in [0, 0.05) is 6.92 Å². The normalized spacial score (nSPS) is 14.4. The summed E-state index contributed by atoms with van der Waals surface area (Å²) in [4.78, 5) is 10.8. The number of nitrogens with one attached hydrogen (secondary N) is 1. The Balaban J connectivity index is 3.60. The maximum Gasteiger partial charge on any atom is 0.217 e. The highest BCUT2D eigenvalue weighted by atomic mass is 16.3. The highest BCUT2D eigenvalue weighted by Gasteiger charge is 2.18. The van der Waals surface area contributed by atoms with Crippen LogP contribution in [-0.4, -0.2) is 34.9 Å². The number of unbranched alkanes of at least 4 members (excludes halogenated alkanes) is 5. The summed E-state index contributed by atoms with van der Waals surface area (Å²) >= 11 is 0. The van der Waals surface area contributed by atoms with E-state index in [1.54, 1.807) is 0 Å². The molecule has 0 radical (unpaired) electrons. The number of hydrogen-bond acceptors (Lipinski definition) is 3. The molecule has 102 valence electrons. The molecular formula is C13H27NO3. The Bertz CT molecular complexity index is 197. The fourth-order valence-corrected chi connectivity index (χ4v) is 1.86. The molecule has 0 aliphatic carbocycles. The molecule has 4 heteroatoms. The highest BCUT2D eigenvalue weighted by molar-refractivity contribution is 5.73. The Morgan fingerprint density at radius 1 is 1.18 bits per heavy atom. The maximum atomic E-state index is 10.8. The van der Waals surface area contributed by atoms with Gasteiger partial charge in [-0.3, -0.25) is 4.79 Å². The number of carbonyl (C=O) groups is 1. The van der Waals surface area contributed by atoms with Crippen LogP contribution >= 0.6 is 0 Å². The van der Waals surface area contributed by atoms with Crippen molar-refractivity contribution in [3.8, 4) is 0 Å². The minimum atomic E-state index is -0.643. The second-order valence-corrected chi connectivity index (χ2v) is 4.61. The van der Waals surface area contributed by atoms with Gasteiger partial charge in [0.05, 0.1) is 18.8 Å². The number of hydrogen-bond donors (Lipinski definition) is 3. The van der Waals surface area contributed by atoms with Gasteiger partial charge in [-0.1, -0.05) is 45.4 Å². The van der Waals surface area contributed by atoms with Crippen molar-refractivity contribution in [1.82, 2.24) is 5.32 Å². The Hall–Kier alpha value is -0.610. The van der Waals surface area contributed by atoms with Crippen LogP contribution in [0.2, 0.25) is 0 Å². The lowest BCUT2D eigenvalue weighted by Crippen LogP contribution is -2.44. The Morgan fingerprint density at radius 2 is 1.76 bits per heavy atom. The molecule has 0 bridgehead atoms. The molecule has 0 saturated heterocycles.